The van der Waals surface area contributed by atoms with Gasteiger partial charge in [0.15, 0.2) is 6.07 Å². The molecule has 3 atom stereocenters. The molecule has 0 N–H and O–H groups in total. The number of thioether (sulfide) groups is 1. The smallest absolute Gasteiger partial charge is 0.297 e. The molecule has 0 amide bonds. The first-order valence-electron chi connectivity index (χ1n) is 5.05. The van der Waals surface area contributed by atoms with E-state index in [1.54, 1.807) is 0 Å². The van der Waals surface area contributed by atoms with Gasteiger partial charge in [-0.25, -0.2) is 6.57 Å². The minimum Gasteiger partial charge on any atom is -0.297 e. The van der Waals surface area contributed by atoms with Crippen LogP contribution in [0, 0.1) is 23.8 Å². The molecule has 0 aromatic rings. The fraction of sp³-hybridized carbons (Fsp3) is 0.818. The highest BCUT2D eigenvalue weighted by Crippen LogP contribution is 2.24. The van der Waals surface area contributed by atoms with E-state index >= 15 is 0 Å². The number of nitrogens with zero attached hydrogens (tertiary/aromatic N) is 2. The average molecular weight is 210 g/mol. The van der Waals surface area contributed by atoms with Crippen molar-refractivity contribution in [3.63, 3.8) is 0 Å². The van der Waals surface area contributed by atoms with Crippen molar-refractivity contribution >= 4 is 11.8 Å². The molecule has 3 heteroatoms. The van der Waals surface area contributed by atoms with Crippen molar-refractivity contribution in [2.45, 2.75) is 44.9 Å². The molecule has 0 aliphatic rings. The Balaban J connectivity index is 3.93. The van der Waals surface area contributed by atoms with Crippen LogP contribution in [0.4, 0.5) is 0 Å². The van der Waals surface area contributed by atoms with Crippen LogP contribution in [0.5, 0.6) is 0 Å². The molecule has 0 bridgehead atoms. The summed E-state index contributed by atoms with van der Waals surface area (Å²) in [5.41, 5.74) is 0. The van der Waals surface area contributed by atoms with Crippen LogP contribution in [-0.4, -0.2) is 17.0 Å². The first-order valence-corrected chi connectivity index (χ1v) is 6.10. The highest BCUT2D eigenvalue weighted by molar-refractivity contribution is 7.99. The third kappa shape index (κ3) is 4.53. The summed E-state index contributed by atoms with van der Waals surface area (Å²) in [6.07, 6.45) is 2.43. The van der Waals surface area contributed by atoms with Gasteiger partial charge in [-0.1, -0.05) is 27.2 Å². The molecular formula is C11H18N2S. The van der Waals surface area contributed by atoms with Gasteiger partial charge in [-0.15, -0.1) is 0 Å². The Labute approximate surface area is 91.5 Å². The van der Waals surface area contributed by atoms with E-state index in [2.05, 4.69) is 24.8 Å². The van der Waals surface area contributed by atoms with Crippen LogP contribution < -0.4 is 0 Å². The van der Waals surface area contributed by atoms with Crippen molar-refractivity contribution in [1.82, 2.24) is 0 Å². The summed E-state index contributed by atoms with van der Waals surface area (Å²) in [6.45, 7) is 13.2. The van der Waals surface area contributed by atoms with Gasteiger partial charge in [-0.05, 0) is 12.2 Å². The molecule has 0 aliphatic heterocycles. The van der Waals surface area contributed by atoms with Gasteiger partial charge in [0.1, 0.15) is 0 Å². The van der Waals surface area contributed by atoms with Gasteiger partial charge in [0.25, 0.3) is 0 Å². The van der Waals surface area contributed by atoms with Crippen LogP contribution in [0.15, 0.2) is 0 Å². The summed E-state index contributed by atoms with van der Waals surface area (Å²) in [7, 11) is 0. The zero-order valence-corrected chi connectivity index (χ0v) is 9.97. The Morgan fingerprint density at radius 2 is 2.14 bits per heavy atom. The largest absolute Gasteiger partial charge is 0.310 e. The number of hydrogen-bond donors (Lipinski definition) is 0. The lowest BCUT2D eigenvalue weighted by Gasteiger charge is -2.16. The number of rotatable bonds is 6. The van der Waals surface area contributed by atoms with Crippen molar-refractivity contribution in [2.24, 2.45) is 5.92 Å². The zero-order valence-electron chi connectivity index (χ0n) is 9.16. The van der Waals surface area contributed by atoms with Crippen LogP contribution in [0.3, 0.4) is 0 Å². The maximum absolute atomic E-state index is 8.74. The molecule has 0 rings (SSSR count). The van der Waals surface area contributed by atoms with Gasteiger partial charge in [0.2, 0.25) is 0 Å². The van der Waals surface area contributed by atoms with Gasteiger partial charge in [0, 0.05) is 5.25 Å². The molecule has 0 aliphatic carbocycles. The molecule has 2 unspecified atom stereocenters. The van der Waals surface area contributed by atoms with Crippen molar-refractivity contribution in [2.75, 3.05) is 5.75 Å². The Bertz CT molecular complexity index is 212. The average Bonchev–Trinajstić information content (AvgIpc) is 2.19. The van der Waals surface area contributed by atoms with E-state index in [4.69, 9.17) is 11.8 Å². The summed E-state index contributed by atoms with van der Waals surface area (Å²) in [5.74, 6) is 1.30. The summed E-state index contributed by atoms with van der Waals surface area (Å²) < 4.78 is 0. The molecule has 0 saturated carbocycles. The monoisotopic (exact) mass is 210 g/mol. The van der Waals surface area contributed by atoms with Gasteiger partial charge < -0.3 is 0 Å². The van der Waals surface area contributed by atoms with Crippen molar-refractivity contribution < 1.29 is 0 Å². The lowest BCUT2D eigenvalue weighted by Crippen LogP contribution is -2.21. The Hall–Kier alpha value is -0.670. The van der Waals surface area contributed by atoms with Crippen LogP contribution in [0.25, 0.3) is 4.85 Å². The SMILES string of the molecule is [C-]#[N+]C(C#N)[C@@H](C)C(C)SCCCC. The maximum atomic E-state index is 8.74. The maximum Gasteiger partial charge on any atom is 0.310 e. The third-order valence-electron chi connectivity index (χ3n) is 2.39. The van der Waals surface area contributed by atoms with E-state index in [0.717, 1.165) is 5.75 Å². The first-order chi connectivity index (χ1) is 6.67. The van der Waals surface area contributed by atoms with Gasteiger partial charge in [-0.3, -0.25) is 4.85 Å². The van der Waals surface area contributed by atoms with E-state index in [-0.39, 0.29) is 5.92 Å². The predicted octanol–water partition coefficient (Wildman–Crippen LogP) is 3.36. The summed E-state index contributed by atoms with van der Waals surface area (Å²) >= 11 is 1.87. The lowest BCUT2D eigenvalue weighted by atomic mass is 10.0. The number of nitriles is 1. The second-order valence-corrected chi connectivity index (χ2v) is 4.98. The molecule has 0 aromatic carbocycles. The Kier molecular flexibility index (Phi) is 7.34. The van der Waals surface area contributed by atoms with E-state index in [1.165, 1.54) is 12.8 Å². The minimum absolute atomic E-state index is 0.166. The first kappa shape index (κ1) is 13.3. The molecule has 2 nitrogen and oxygen atoms in total. The van der Waals surface area contributed by atoms with Gasteiger partial charge >= 0.3 is 6.04 Å². The van der Waals surface area contributed by atoms with E-state index < -0.39 is 6.04 Å². The highest BCUT2D eigenvalue weighted by atomic mass is 32.2. The van der Waals surface area contributed by atoms with Crippen LogP contribution in [0.2, 0.25) is 0 Å². The minimum atomic E-state index is -0.473. The fourth-order valence-electron chi connectivity index (χ4n) is 1.09. The quantitative estimate of drug-likeness (QED) is 0.497. The molecule has 0 saturated heterocycles. The Morgan fingerprint density at radius 3 is 2.57 bits per heavy atom. The molecule has 14 heavy (non-hydrogen) atoms. The summed E-state index contributed by atoms with van der Waals surface area (Å²) in [6, 6.07) is 1.58. The highest BCUT2D eigenvalue weighted by Gasteiger charge is 2.26. The van der Waals surface area contributed by atoms with Crippen LogP contribution in [0.1, 0.15) is 33.6 Å². The molecule has 0 heterocycles. The number of unbranched alkanes of at least 4 members (excludes halogenated alkanes) is 1. The second-order valence-electron chi connectivity index (χ2n) is 3.49. The normalized spacial score (nSPS) is 16.4. The van der Waals surface area contributed by atoms with Gasteiger partial charge in [-0.2, -0.15) is 17.0 Å². The van der Waals surface area contributed by atoms with Crippen LogP contribution in [-0.2, 0) is 0 Å². The van der Waals surface area contributed by atoms with E-state index in [0.29, 0.717) is 5.25 Å². The molecule has 0 spiro atoms. The fourth-order valence-corrected chi connectivity index (χ4v) is 2.37. The topological polar surface area (TPSA) is 28.1 Å². The summed E-state index contributed by atoms with van der Waals surface area (Å²) in [5, 5.41) is 9.15. The molecule has 0 radical (unpaired) electrons. The van der Waals surface area contributed by atoms with E-state index in [9.17, 15) is 0 Å². The zero-order chi connectivity index (χ0) is 11.0. The number of hydrogen-bond acceptors (Lipinski definition) is 2. The molecule has 0 fully saturated rings. The van der Waals surface area contributed by atoms with Crippen molar-refractivity contribution in [3.05, 3.63) is 11.4 Å². The molecule has 78 valence electrons. The van der Waals surface area contributed by atoms with Crippen molar-refractivity contribution in [3.8, 4) is 6.07 Å². The molecular weight excluding hydrogens is 192 g/mol. The molecule has 0 aromatic heterocycles. The predicted molar refractivity (Wildman–Crippen MR) is 62.0 cm³/mol. The van der Waals surface area contributed by atoms with E-state index in [1.807, 2.05) is 18.7 Å². The third-order valence-corrected chi connectivity index (χ3v) is 3.87. The second kappa shape index (κ2) is 7.71. The lowest BCUT2D eigenvalue weighted by molar-refractivity contribution is 0.565. The standard InChI is InChI=1S/C11H18N2S/c1-5-6-7-14-10(3)9(2)11(8-12)13-4/h9-11H,5-7H2,1-3H3/t9-,10?,11?/m0/s1. The van der Waals surface area contributed by atoms with Gasteiger partial charge in [0.05, 0.1) is 5.92 Å². The van der Waals surface area contributed by atoms with Crippen LogP contribution >= 0.6 is 11.8 Å². The summed E-state index contributed by atoms with van der Waals surface area (Å²) in [4.78, 5) is 3.33. The van der Waals surface area contributed by atoms with Crippen molar-refractivity contribution in [1.29, 1.82) is 5.26 Å². The Morgan fingerprint density at radius 1 is 1.50 bits per heavy atom.